The van der Waals surface area contributed by atoms with Crippen molar-refractivity contribution in [3.05, 3.63) is 59.2 Å². The normalized spacial score (nSPS) is 10.6. The highest BCUT2D eigenvalue weighted by Gasteiger charge is 2.15. The van der Waals surface area contributed by atoms with Crippen molar-refractivity contribution in [2.45, 2.75) is 0 Å². The van der Waals surface area contributed by atoms with Gasteiger partial charge in [0.05, 0.1) is 5.39 Å². The van der Waals surface area contributed by atoms with Gasteiger partial charge in [-0.3, -0.25) is 4.79 Å². The van der Waals surface area contributed by atoms with Gasteiger partial charge in [0, 0.05) is 10.7 Å². The van der Waals surface area contributed by atoms with Gasteiger partial charge < -0.3 is 9.84 Å². The number of rotatable bonds is 2. The molecule has 0 saturated carbocycles. The lowest BCUT2D eigenvalue weighted by molar-refractivity contribution is 0.102. The summed E-state index contributed by atoms with van der Waals surface area (Å²) in [7, 11) is 0. The molecule has 0 fully saturated rings. The molecule has 3 rings (SSSR count). The lowest BCUT2D eigenvalue weighted by Crippen LogP contribution is -2.12. The quantitative estimate of drug-likeness (QED) is 0.773. The number of carbonyl (C=O) groups is 1. The van der Waals surface area contributed by atoms with E-state index in [1.165, 1.54) is 0 Å². The zero-order valence-corrected chi connectivity index (χ0v) is 10.5. The van der Waals surface area contributed by atoms with Gasteiger partial charge in [0.2, 0.25) is 0 Å². The van der Waals surface area contributed by atoms with E-state index in [1.54, 1.807) is 36.4 Å². The summed E-state index contributed by atoms with van der Waals surface area (Å²) in [6.07, 6.45) is 0. The number of hydrogen-bond acceptors (Lipinski definition) is 3. The first-order chi connectivity index (χ1) is 9.24. The standard InChI is InChI=1S/C14H9ClN2O2/c15-9-4-3-5-10(8-9)16-14(18)13-11-6-1-2-7-12(11)19-17-13/h1-8H,(H,16,18). The molecule has 0 atom stereocenters. The van der Waals surface area contributed by atoms with Gasteiger partial charge in [0.1, 0.15) is 0 Å². The molecule has 1 amide bonds. The fourth-order valence-corrected chi connectivity index (χ4v) is 2.00. The summed E-state index contributed by atoms with van der Waals surface area (Å²) < 4.78 is 5.09. The van der Waals surface area contributed by atoms with Crippen molar-refractivity contribution in [3.63, 3.8) is 0 Å². The van der Waals surface area contributed by atoms with E-state index < -0.39 is 0 Å². The van der Waals surface area contributed by atoms with Crippen LogP contribution in [0, 0.1) is 0 Å². The van der Waals surface area contributed by atoms with Gasteiger partial charge in [-0.25, -0.2) is 0 Å². The smallest absolute Gasteiger partial charge is 0.278 e. The fourth-order valence-electron chi connectivity index (χ4n) is 1.81. The Bertz CT molecular complexity index is 752. The molecule has 1 heterocycles. The first-order valence-electron chi connectivity index (χ1n) is 5.65. The zero-order valence-electron chi connectivity index (χ0n) is 9.76. The summed E-state index contributed by atoms with van der Waals surface area (Å²) in [4.78, 5) is 12.1. The van der Waals surface area contributed by atoms with Gasteiger partial charge in [-0.2, -0.15) is 0 Å². The molecular formula is C14H9ClN2O2. The third kappa shape index (κ3) is 2.30. The molecule has 0 radical (unpaired) electrons. The summed E-state index contributed by atoms with van der Waals surface area (Å²) >= 11 is 5.86. The van der Waals surface area contributed by atoms with Crippen molar-refractivity contribution in [2.24, 2.45) is 0 Å². The van der Waals surface area contributed by atoms with Crippen molar-refractivity contribution in [1.29, 1.82) is 0 Å². The van der Waals surface area contributed by atoms with Gasteiger partial charge in [-0.05, 0) is 30.3 Å². The maximum Gasteiger partial charge on any atom is 0.278 e. The van der Waals surface area contributed by atoms with Gasteiger partial charge >= 0.3 is 0 Å². The van der Waals surface area contributed by atoms with Gasteiger partial charge in [-0.15, -0.1) is 0 Å². The van der Waals surface area contributed by atoms with Gasteiger partial charge in [0.15, 0.2) is 11.3 Å². The largest absolute Gasteiger partial charge is 0.355 e. The van der Waals surface area contributed by atoms with E-state index in [-0.39, 0.29) is 11.6 Å². The Labute approximate surface area is 114 Å². The number of halogens is 1. The van der Waals surface area contributed by atoms with Crippen LogP contribution in [0.4, 0.5) is 5.69 Å². The van der Waals surface area contributed by atoms with Crippen LogP contribution in [0.2, 0.25) is 5.02 Å². The number of fused-ring (bicyclic) bond motifs is 1. The monoisotopic (exact) mass is 272 g/mol. The average molecular weight is 273 g/mol. The minimum absolute atomic E-state index is 0.260. The molecule has 2 aromatic carbocycles. The van der Waals surface area contributed by atoms with Crippen LogP contribution in [-0.4, -0.2) is 11.1 Å². The van der Waals surface area contributed by atoms with E-state index in [9.17, 15) is 4.79 Å². The second-order valence-electron chi connectivity index (χ2n) is 3.99. The number of anilines is 1. The van der Waals surface area contributed by atoms with Crippen LogP contribution in [0.25, 0.3) is 11.0 Å². The third-order valence-electron chi connectivity index (χ3n) is 2.68. The van der Waals surface area contributed by atoms with Gasteiger partial charge in [0.25, 0.3) is 5.91 Å². The Kier molecular flexibility index (Phi) is 2.93. The highest BCUT2D eigenvalue weighted by atomic mass is 35.5. The lowest BCUT2D eigenvalue weighted by Gasteiger charge is -2.03. The van der Waals surface area contributed by atoms with Crippen molar-refractivity contribution in [3.8, 4) is 0 Å². The predicted molar refractivity (Wildman–Crippen MR) is 73.4 cm³/mol. The molecule has 0 unspecified atom stereocenters. The van der Waals surface area contributed by atoms with Gasteiger partial charge in [-0.1, -0.05) is 35.0 Å². The summed E-state index contributed by atoms with van der Waals surface area (Å²) in [6, 6.07) is 14.1. The molecule has 0 aliphatic heterocycles. The minimum Gasteiger partial charge on any atom is -0.355 e. The molecule has 0 bridgehead atoms. The number of nitrogens with zero attached hydrogens (tertiary/aromatic N) is 1. The molecule has 3 aromatic rings. The Balaban J connectivity index is 1.92. The van der Waals surface area contributed by atoms with Crippen LogP contribution < -0.4 is 5.32 Å². The maximum absolute atomic E-state index is 12.1. The Morgan fingerprint density at radius 2 is 2.00 bits per heavy atom. The predicted octanol–water partition coefficient (Wildman–Crippen LogP) is 3.73. The molecule has 4 nitrogen and oxygen atoms in total. The van der Waals surface area contributed by atoms with Crippen molar-refractivity contribution >= 4 is 34.2 Å². The van der Waals surface area contributed by atoms with Crippen LogP contribution in [0.5, 0.6) is 0 Å². The summed E-state index contributed by atoms with van der Waals surface area (Å²) in [5.74, 6) is -0.327. The number of benzene rings is 2. The molecule has 0 spiro atoms. The van der Waals surface area contributed by atoms with E-state index in [1.807, 2.05) is 12.1 Å². The van der Waals surface area contributed by atoms with Crippen LogP contribution in [0.15, 0.2) is 53.1 Å². The van der Waals surface area contributed by atoms with Crippen molar-refractivity contribution in [1.82, 2.24) is 5.16 Å². The number of aromatic nitrogens is 1. The number of carbonyl (C=O) groups excluding carboxylic acids is 1. The summed E-state index contributed by atoms with van der Waals surface area (Å²) in [6.45, 7) is 0. The number of hydrogen-bond donors (Lipinski definition) is 1. The highest BCUT2D eigenvalue weighted by Crippen LogP contribution is 2.20. The van der Waals surface area contributed by atoms with E-state index >= 15 is 0 Å². The van der Waals surface area contributed by atoms with E-state index in [4.69, 9.17) is 16.1 Å². The summed E-state index contributed by atoms with van der Waals surface area (Å²) in [5.41, 5.74) is 1.46. The molecule has 0 aliphatic rings. The Hall–Kier alpha value is -2.33. The van der Waals surface area contributed by atoms with Crippen LogP contribution in [-0.2, 0) is 0 Å². The molecule has 0 aliphatic carbocycles. The van der Waals surface area contributed by atoms with Crippen LogP contribution in [0.3, 0.4) is 0 Å². The molecule has 19 heavy (non-hydrogen) atoms. The van der Waals surface area contributed by atoms with Crippen LogP contribution in [0.1, 0.15) is 10.5 Å². The molecule has 1 aromatic heterocycles. The fraction of sp³-hybridized carbons (Fsp3) is 0. The van der Waals surface area contributed by atoms with E-state index in [0.29, 0.717) is 21.7 Å². The van der Waals surface area contributed by atoms with Crippen molar-refractivity contribution < 1.29 is 9.32 Å². The second-order valence-corrected chi connectivity index (χ2v) is 4.43. The highest BCUT2D eigenvalue weighted by molar-refractivity contribution is 6.31. The van der Waals surface area contributed by atoms with Crippen LogP contribution >= 0.6 is 11.6 Å². The maximum atomic E-state index is 12.1. The van der Waals surface area contributed by atoms with E-state index in [2.05, 4.69) is 10.5 Å². The average Bonchev–Trinajstić information content (AvgIpc) is 2.82. The minimum atomic E-state index is -0.327. The molecular weight excluding hydrogens is 264 g/mol. The molecule has 1 N–H and O–H groups in total. The number of amides is 1. The topological polar surface area (TPSA) is 55.1 Å². The lowest BCUT2D eigenvalue weighted by atomic mass is 10.2. The number of nitrogens with one attached hydrogen (secondary N) is 1. The van der Waals surface area contributed by atoms with E-state index in [0.717, 1.165) is 0 Å². The first-order valence-corrected chi connectivity index (χ1v) is 6.03. The Morgan fingerprint density at radius 3 is 2.84 bits per heavy atom. The third-order valence-corrected chi connectivity index (χ3v) is 2.91. The molecule has 94 valence electrons. The summed E-state index contributed by atoms with van der Waals surface area (Å²) in [5, 5.41) is 7.77. The second kappa shape index (κ2) is 4.74. The zero-order chi connectivity index (χ0) is 13.2. The number of para-hydroxylation sites is 1. The molecule has 0 saturated heterocycles. The Morgan fingerprint density at radius 1 is 1.16 bits per heavy atom. The molecule has 5 heteroatoms. The van der Waals surface area contributed by atoms with Crippen molar-refractivity contribution in [2.75, 3.05) is 5.32 Å². The SMILES string of the molecule is O=C(Nc1cccc(Cl)c1)c1noc2ccccc12. The first kappa shape index (κ1) is 11.7.